The van der Waals surface area contributed by atoms with Gasteiger partial charge in [0, 0.05) is 5.69 Å². The number of aryl methyl sites for hydroxylation is 1. The van der Waals surface area contributed by atoms with E-state index in [1.807, 2.05) is 31.2 Å². The first-order valence-electron chi connectivity index (χ1n) is 9.01. The molecule has 1 amide bonds. The van der Waals surface area contributed by atoms with Crippen LogP contribution in [0.15, 0.2) is 78.4 Å². The van der Waals surface area contributed by atoms with Gasteiger partial charge >= 0.3 is 0 Å². The molecular formula is C24H19FN2O2. The molecule has 0 radical (unpaired) electrons. The Labute approximate surface area is 168 Å². The summed E-state index contributed by atoms with van der Waals surface area (Å²) in [6.07, 6.45) is 1.51. The summed E-state index contributed by atoms with van der Waals surface area (Å²) in [6, 6.07) is 22.5. The van der Waals surface area contributed by atoms with Gasteiger partial charge in [0.25, 0.3) is 5.91 Å². The van der Waals surface area contributed by atoms with Crippen LogP contribution >= 0.6 is 0 Å². The van der Waals surface area contributed by atoms with Crippen molar-refractivity contribution >= 4 is 17.7 Å². The molecule has 3 aromatic rings. The fourth-order valence-electron chi connectivity index (χ4n) is 2.66. The van der Waals surface area contributed by atoms with Gasteiger partial charge in [0.05, 0.1) is 0 Å². The van der Waals surface area contributed by atoms with Crippen LogP contribution < -0.4 is 10.1 Å². The van der Waals surface area contributed by atoms with Crippen molar-refractivity contribution in [3.63, 3.8) is 0 Å². The Morgan fingerprint density at radius 1 is 1.10 bits per heavy atom. The number of benzene rings is 3. The van der Waals surface area contributed by atoms with Gasteiger partial charge in [-0.1, -0.05) is 42.5 Å². The number of halogens is 1. The summed E-state index contributed by atoms with van der Waals surface area (Å²) < 4.78 is 18.7. The van der Waals surface area contributed by atoms with Crippen molar-refractivity contribution in [2.24, 2.45) is 0 Å². The molecule has 0 atom stereocenters. The zero-order chi connectivity index (χ0) is 20.6. The summed E-state index contributed by atoms with van der Waals surface area (Å²) in [5, 5.41) is 12.2. The van der Waals surface area contributed by atoms with E-state index < -0.39 is 5.91 Å². The van der Waals surface area contributed by atoms with Crippen LogP contribution in [-0.4, -0.2) is 5.91 Å². The lowest BCUT2D eigenvalue weighted by Crippen LogP contribution is -2.14. The zero-order valence-electron chi connectivity index (χ0n) is 15.9. The summed E-state index contributed by atoms with van der Waals surface area (Å²) in [7, 11) is 0. The number of hydrogen-bond acceptors (Lipinski definition) is 3. The van der Waals surface area contributed by atoms with Gasteiger partial charge in [-0.3, -0.25) is 4.79 Å². The highest BCUT2D eigenvalue weighted by Crippen LogP contribution is 2.19. The van der Waals surface area contributed by atoms with Gasteiger partial charge in [-0.15, -0.1) is 0 Å². The normalized spacial score (nSPS) is 10.9. The Morgan fingerprint density at radius 2 is 1.86 bits per heavy atom. The average Bonchev–Trinajstić information content (AvgIpc) is 2.73. The Hall–Kier alpha value is -3.91. The van der Waals surface area contributed by atoms with E-state index in [-0.39, 0.29) is 18.0 Å². The Bertz CT molecular complexity index is 1080. The third-order valence-corrected chi connectivity index (χ3v) is 4.25. The second-order valence-electron chi connectivity index (χ2n) is 6.43. The first-order valence-corrected chi connectivity index (χ1v) is 9.01. The van der Waals surface area contributed by atoms with Crippen LogP contribution in [0, 0.1) is 24.1 Å². The van der Waals surface area contributed by atoms with Gasteiger partial charge in [0.2, 0.25) is 0 Å². The first kappa shape index (κ1) is 19.8. The second kappa shape index (κ2) is 9.34. The lowest BCUT2D eigenvalue weighted by molar-refractivity contribution is -0.112. The highest BCUT2D eigenvalue weighted by molar-refractivity contribution is 6.09. The van der Waals surface area contributed by atoms with E-state index in [1.54, 1.807) is 42.5 Å². The minimum atomic E-state index is -0.473. The largest absolute Gasteiger partial charge is 0.489 e. The highest BCUT2D eigenvalue weighted by atomic mass is 19.1. The van der Waals surface area contributed by atoms with Crippen LogP contribution in [0.4, 0.5) is 10.1 Å². The number of amides is 1. The number of carbonyl (C=O) groups excluding carboxylic acids is 1. The first-order chi connectivity index (χ1) is 14.0. The van der Waals surface area contributed by atoms with Crippen molar-refractivity contribution < 1.29 is 13.9 Å². The average molecular weight is 386 g/mol. The molecule has 5 heteroatoms. The van der Waals surface area contributed by atoms with Crippen LogP contribution in [-0.2, 0) is 11.4 Å². The van der Waals surface area contributed by atoms with Crippen LogP contribution in [0.2, 0.25) is 0 Å². The minimum absolute atomic E-state index is 0.0102. The van der Waals surface area contributed by atoms with Crippen LogP contribution in [0.1, 0.15) is 16.7 Å². The fourth-order valence-corrected chi connectivity index (χ4v) is 2.66. The molecule has 0 heterocycles. The predicted octanol–water partition coefficient (Wildman–Crippen LogP) is 5.26. The van der Waals surface area contributed by atoms with E-state index in [9.17, 15) is 14.4 Å². The summed E-state index contributed by atoms with van der Waals surface area (Å²) >= 11 is 0. The quantitative estimate of drug-likeness (QED) is 0.464. The molecule has 0 fully saturated rings. The maximum absolute atomic E-state index is 13.0. The summed E-state index contributed by atoms with van der Waals surface area (Å²) in [5.74, 6) is -0.187. The number of rotatable bonds is 6. The smallest absolute Gasteiger partial charge is 0.266 e. The van der Waals surface area contributed by atoms with Gasteiger partial charge in [-0.05, 0) is 60.0 Å². The minimum Gasteiger partial charge on any atom is -0.489 e. The van der Waals surface area contributed by atoms with E-state index in [0.717, 1.165) is 11.1 Å². The van der Waals surface area contributed by atoms with Crippen molar-refractivity contribution in [3.8, 4) is 11.8 Å². The molecule has 0 saturated carbocycles. The molecule has 0 aliphatic heterocycles. The topological polar surface area (TPSA) is 62.1 Å². The molecule has 4 nitrogen and oxygen atoms in total. The predicted molar refractivity (Wildman–Crippen MR) is 111 cm³/mol. The van der Waals surface area contributed by atoms with Crippen molar-refractivity contribution in [2.45, 2.75) is 13.5 Å². The molecule has 144 valence electrons. The van der Waals surface area contributed by atoms with Crippen LogP contribution in [0.5, 0.6) is 5.75 Å². The lowest BCUT2D eigenvalue weighted by atomic mass is 10.1. The molecule has 3 rings (SSSR count). The number of hydrogen-bond donors (Lipinski definition) is 1. The van der Waals surface area contributed by atoms with Crippen molar-refractivity contribution in [2.75, 3.05) is 5.32 Å². The van der Waals surface area contributed by atoms with Crippen molar-refractivity contribution in [1.82, 2.24) is 0 Å². The monoisotopic (exact) mass is 386 g/mol. The standard InChI is InChI=1S/C24H19FN2O2/c1-17-5-2-3-8-23(17)27-24(28)20(15-26)13-19-6-4-7-22(14-19)29-16-18-9-11-21(25)12-10-18/h2-14H,16H2,1H3,(H,27,28)/b20-13+. The molecule has 0 spiro atoms. The Balaban J connectivity index is 1.71. The number of ether oxygens (including phenoxy) is 1. The highest BCUT2D eigenvalue weighted by Gasteiger charge is 2.11. The van der Waals surface area contributed by atoms with Crippen molar-refractivity contribution in [1.29, 1.82) is 5.26 Å². The molecule has 0 bridgehead atoms. The maximum atomic E-state index is 13.0. The van der Waals surface area contributed by atoms with Gasteiger partial charge in [0.15, 0.2) is 0 Å². The number of anilines is 1. The molecule has 0 unspecified atom stereocenters. The summed E-state index contributed by atoms with van der Waals surface area (Å²) in [6.45, 7) is 2.17. The number of carbonyl (C=O) groups is 1. The Kier molecular flexibility index (Phi) is 6.39. The van der Waals surface area contributed by atoms with Gasteiger partial charge in [0.1, 0.15) is 29.8 Å². The van der Waals surface area contributed by atoms with Crippen LogP contribution in [0.3, 0.4) is 0 Å². The van der Waals surface area contributed by atoms with E-state index in [4.69, 9.17) is 4.74 Å². The van der Waals surface area contributed by atoms with E-state index in [0.29, 0.717) is 17.0 Å². The summed E-state index contributed by atoms with van der Waals surface area (Å²) in [4.78, 5) is 12.5. The molecule has 0 aliphatic carbocycles. The number of nitrogens with one attached hydrogen (secondary N) is 1. The summed E-state index contributed by atoms with van der Waals surface area (Å²) in [5.41, 5.74) is 3.06. The van der Waals surface area contributed by atoms with E-state index >= 15 is 0 Å². The fraction of sp³-hybridized carbons (Fsp3) is 0.0833. The van der Waals surface area contributed by atoms with E-state index in [1.165, 1.54) is 18.2 Å². The second-order valence-corrected chi connectivity index (χ2v) is 6.43. The zero-order valence-corrected chi connectivity index (χ0v) is 15.9. The molecular weight excluding hydrogens is 367 g/mol. The van der Waals surface area contributed by atoms with Gasteiger partial charge < -0.3 is 10.1 Å². The molecule has 3 aromatic carbocycles. The molecule has 0 saturated heterocycles. The van der Waals surface area contributed by atoms with Gasteiger partial charge in [-0.25, -0.2) is 4.39 Å². The molecule has 29 heavy (non-hydrogen) atoms. The third kappa shape index (κ3) is 5.53. The molecule has 0 aliphatic rings. The molecule has 1 N–H and O–H groups in total. The van der Waals surface area contributed by atoms with Crippen LogP contribution in [0.25, 0.3) is 6.08 Å². The van der Waals surface area contributed by atoms with E-state index in [2.05, 4.69) is 5.32 Å². The third-order valence-electron chi connectivity index (χ3n) is 4.25. The SMILES string of the molecule is Cc1ccccc1NC(=O)/C(C#N)=C/c1cccc(OCc2ccc(F)cc2)c1. The Morgan fingerprint density at radius 3 is 2.59 bits per heavy atom. The van der Waals surface area contributed by atoms with Crippen molar-refractivity contribution in [3.05, 3.63) is 101 Å². The van der Waals surface area contributed by atoms with Gasteiger partial charge in [-0.2, -0.15) is 5.26 Å². The maximum Gasteiger partial charge on any atom is 0.266 e. The number of nitriles is 1. The molecule has 0 aromatic heterocycles. The number of nitrogens with zero attached hydrogens (tertiary/aromatic N) is 1. The number of para-hydroxylation sites is 1. The lowest BCUT2D eigenvalue weighted by Gasteiger charge is -2.08.